The van der Waals surface area contributed by atoms with Gasteiger partial charge in [-0.15, -0.1) is 0 Å². The number of carboxylic acids is 2. The van der Waals surface area contributed by atoms with Gasteiger partial charge in [-0.3, -0.25) is 38.6 Å². The van der Waals surface area contributed by atoms with Gasteiger partial charge in [0.15, 0.2) is 23.3 Å². The Balaban J connectivity index is 0.000000274. The number of piperazine rings is 2. The van der Waals surface area contributed by atoms with Gasteiger partial charge in [-0.25, -0.2) is 26.9 Å². The molecule has 2 saturated heterocycles. The average Bonchev–Trinajstić information content (AvgIpc) is 4.00. The van der Waals surface area contributed by atoms with Gasteiger partial charge in [0.2, 0.25) is 11.8 Å². The maximum atomic E-state index is 13.3. The fourth-order valence-corrected chi connectivity index (χ4v) is 6.12. The van der Waals surface area contributed by atoms with E-state index < -0.39 is 35.2 Å². The third kappa shape index (κ3) is 21.3. The van der Waals surface area contributed by atoms with Crippen LogP contribution in [0.1, 0.15) is 38.1 Å². The van der Waals surface area contributed by atoms with E-state index in [4.69, 9.17) is 19.7 Å². The van der Waals surface area contributed by atoms with Gasteiger partial charge in [0.05, 0.1) is 62.0 Å². The van der Waals surface area contributed by atoms with Crippen LogP contribution in [0.4, 0.5) is 17.6 Å². The number of carboxylic acid groups (broad SMARTS) is 2. The van der Waals surface area contributed by atoms with Gasteiger partial charge in [0.1, 0.15) is 13.2 Å². The van der Waals surface area contributed by atoms with Crippen LogP contribution in [-0.4, -0.2) is 178 Å². The standard InChI is InChI=1S/2C18H22F2N4O2.2C4H6O4/c2*1-14(25)23-8-6-22(7-9-23)10-11-26-13-15-4-5-24(21-15)16-2-3-17(19)18(20)12-16;2*5-3-8-2-1-4(6)7/h2*2-5,12H,6-11,13H2,1H3;2*3H,1-2H2,(H,6,7). The summed E-state index contributed by atoms with van der Waals surface area (Å²) >= 11 is 0. The lowest BCUT2D eigenvalue weighted by Crippen LogP contribution is -2.48. The lowest BCUT2D eigenvalue weighted by Gasteiger charge is -2.34. The Morgan fingerprint density at radius 2 is 0.926 bits per heavy atom. The van der Waals surface area contributed by atoms with Crippen LogP contribution < -0.4 is 0 Å². The minimum atomic E-state index is -0.966. The SMILES string of the molecule is CC(=O)N1CCN(CCOCc2ccn(-c3ccc(F)c(F)c3)n2)CC1.CC(=O)N1CCN(CCOCc2ccn(-c3ccc(F)c(F)c3)n2)CC1.O=COCCC(=O)O.O=COCCC(=O)O. The lowest BCUT2D eigenvalue weighted by atomic mass is 10.3. The molecular weight excluding hydrogens is 909 g/mol. The van der Waals surface area contributed by atoms with Crippen molar-refractivity contribution in [3.8, 4) is 11.4 Å². The lowest BCUT2D eigenvalue weighted by molar-refractivity contribution is -0.141. The molecule has 2 aliphatic rings. The van der Waals surface area contributed by atoms with E-state index in [0.29, 0.717) is 37.8 Å². The highest BCUT2D eigenvalue weighted by atomic mass is 19.2. The van der Waals surface area contributed by atoms with Gasteiger partial charge < -0.3 is 39.0 Å². The number of nitrogens with zero attached hydrogens (tertiary/aromatic N) is 8. The molecule has 2 aromatic carbocycles. The Bertz CT molecular complexity index is 2050. The minimum absolute atomic E-state index is 0.0428. The summed E-state index contributed by atoms with van der Waals surface area (Å²) in [6.45, 7) is 13.4. The molecule has 2 amide bonds. The van der Waals surface area contributed by atoms with E-state index in [1.165, 1.54) is 21.5 Å². The number of rotatable bonds is 20. The summed E-state index contributed by atoms with van der Waals surface area (Å²) in [6.07, 6.45) is 3.12. The van der Waals surface area contributed by atoms with Gasteiger partial charge in [-0.05, 0) is 36.4 Å². The average molecular weight is 965 g/mol. The van der Waals surface area contributed by atoms with Crippen molar-refractivity contribution in [2.45, 2.75) is 39.9 Å². The van der Waals surface area contributed by atoms with Crippen LogP contribution >= 0.6 is 0 Å². The quantitative estimate of drug-likeness (QED) is 0.0737. The van der Waals surface area contributed by atoms with E-state index in [9.17, 15) is 46.3 Å². The summed E-state index contributed by atoms with van der Waals surface area (Å²) in [4.78, 5) is 68.9. The summed E-state index contributed by atoms with van der Waals surface area (Å²) in [5.41, 5.74) is 2.35. The highest BCUT2D eigenvalue weighted by Gasteiger charge is 2.19. The van der Waals surface area contributed by atoms with Gasteiger partial charge in [0.25, 0.3) is 12.9 Å². The summed E-state index contributed by atoms with van der Waals surface area (Å²) in [7, 11) is 0. The van der Waals surface area contributed by atoms with Gasteiger partial charge in [-0.2, -0.15) is 10.2 Å². The van der Waals surface area contributed by atoms with Crippen molar-refractivity contribution < 1.29 is 75.5 Å². The van der Waals surface area contributed by atoms with Crippen LogP contribution in [0.25, 0.3) is 11.4 Å². The molecule has 4 aromatic rings. The predicted octanol–water partition coefficient (Wildman–Crippen LogP) is 2.93. The Morgan fingerprint density at radius 3 is 1.24 bits per heavy atom. The zero-order chi connectivity index (χ0) is 49.8. The first-order chi connectivity index (χ1) is 32.6. The second kappa shape index (κ2) is 30.5. The van der Waals surface area contributed by atoms with E-state index in [2.05, 4.69) is 29.5 Å². The van der Waals surface area contributed by atoms with Crippen LogP contribution in [0.15, 0.2) is 60.9 Å². The van der Waals surface area contributed by atoms with Crippen LogP contribution in [-0.2, 0) is 60.9 Å². The zero-order valence-electron chi connectivity index (χ0n) is 37.7. The molecule has 2 aromatic heterocycles. The first-order valence-electron chi connectivity index (χ1n) is 21.2. The minimum Gasteiger partial charge on any atom is -0.481 e. The zero-order valence-corrected chi connectivity index (χ0v) is 37.7. The number of carbonyl (C=O) groups excluding carboxylic acids is 4. The number of halogens is 4. The fourth-order valence-electron chi connectivity index (χ4n) is 6.12. The van der Waals surface area contributed by atoms with Crippen molar-refractivity contribution in [2.24, 2.45) is 0 Å². The number of benzene rings is 2. The van der Waals surface area contributed by atoms with Crippen LogP contribution in [0.5, 0.6) is 0 Å². The van der Waals surface area contributed by atoms with Crippen molar-refractivity contribution in [1.29, 1.82) is 0 Å². The number of carbonyl (C=O) groups is 6. The van der Waals surface area contributed by atoms with Crippen LogP contribution in [0.3, 0.4) is 0 Å². The Morgan fingerprint density at radius 1 is 0.559 bits per heavy atom. The molecule has 372 valence electrons. The number of hydrogen-bond donors (Lipinski definition) is 2. The second-order valence-corrected chi connectivity index (χ2v) is 14.7. The van der Waals surface area contributed by atoms with Gasteiger partial charge in [0, 0.05) is 104 Å². The molecule has 0 radical (unpaired) electrons. The van der Waals surface area contributed by atoms with Crippen molar-refractivity contribution in [2.75, 3.05) is 91.9 Å². The third-order valence-electron chi connectivity index (χ3n) is 9.87. The van der Waals surface area contributed by atoms with Crippen LogP contribution in [0, 0.1) is 23.3 Å². The van der Waals surface area contributed by atoms with E-state index in [1.54, 1.807) is 38.4 Å². The molecule has 0 atom stereocenters. The molecule has 2 N–H and O–H groups in total. The van der Waals surface area contributed by atoms with E-state index >= 15 is 0 Å². The monoisotopic (exact) mass is 964 g/mol. The molecule has 0 bridgehead atoms. The van der Waals surface area contributed by atoms with E-state index in [-0.39, 0.29) is 50.8 Å². The van der Waals surface area contributed by atoms with Crippen molar-refractivity contribution >= 4 is 36.7 Å². The van der Waals surface area contributed by atoms with Gasteiger partial charge >= 0.3 is 11.9 Å². The Hall–Kier alpha value is -6.76. The predicted molar refractivity (Wildman–Crippen MR) is 232 cm³/mol. The van der Waals surface area contributed by atoms with E-state index in [0.717, 1.165) is 101 Å². The Labute approximate surface area is 389 Å². The summed E-state index contributed by atoms with van der Waals surface area (Å²) in [6, 6.07) is 10.9. The number of aliphatic carboxylic acids is 2. The first kappa shape index (κ1) is 55.6. The smallest absolute Gasteiger partial charge is 0.306 e. The summed E-state index contributed by atoms with van der Waals surface area (Å²) < 4.78 is 75.0. The fraction of sp³-hybridized carbons (Fsp3) is 0.455. The number of hydrogen-bond acceptors (Lipinski definition) is 14. The summed E-state index contributed by atoms with van der Waals surface area (Å²) in [5.74, 6) is -5.25. The molecule has 6 rings (SSSR count). The molecule has 4 heterocycles. The second-order valence-electron chi connectivity index (χ2n) is 14.7. The maximum Gasteiger partial charge on any atom is 0.306 e. The van der Waals surface area contributed by atoms with Crippen molar-refractivity contribution in [3.05, 3.63) is 95.6 Å². The summed E-state index contributed by atoms with van der Waals surface area (Å²) in [5, 5.41) is 24.5. The molecule has 2 fully saturated rings. The van der Waals surface area contributed by atoms with Gasteiger partial charge in [-0.1, -0.05) is 0 Å². The highest BCUT2D eigenvalue weighted by Crippen LogP contribution is 2.15. The topological polar surface area (TPSA) is 228 Å². The highest BCUT2D eigenvalue weighted by molar-refractivity contribution is 5.73. The molecule has 0 spiro atoms. The van der Waals surface area contributed by atoms with E-state index in [1.807, 2.05) is 9.80 Å². The van der Waals surface area contributed by atoms with Crippen molar-refractivity contribution in [1.82, 2.24) is 39.2 Å². The number of amides is 2. The first-order valence-corrected chi connectivity index (χ1v) is 21.2. The largest absolute Gasteiger partial charge is 0.481 e. The molecule has 24 heteroatoms. The molecule has 68 heavy (non-hydrogen) atoms. The maximum absolute atomic E-state index is 13.3. The number of aromatic nitrogens is 4. The normalized spacial score (nSPS) is 13.7. The molecule has 2 aliphatic heterocycles. The van der Waals surface area contributed by atoms with Crippen LogP contribution in [0.2, 0.25) is 0 Å². The molecule has 20 nitrogen and oxygen atoms in total. The Kier molecular flexibility index (Phi) is 24.9. The molecular formula is C44H56F4N8O12. The third-order valence-corrected chi connectivity index (χ3v) is 9.87. The molecule has 0 aliphatic carbocycles. The molecule has 0 unspecified atom stereocenters. The molecule has 0 saturated carbocycles. The van der Waals surface area contributed by atoms with Crippen molar-refractivity contribution in [3.63, 3.8) is 0 Å². The number of ether oxygens (including phenoxy) is 4.